The van der Waals surface area contributed by atoms with Gasteiger partial charge in [0.1, 0.15) is 59.6 Å². The quantitative estimate of drug-likeness (QED) is 0.0319. The van der Waals surface area contributed by atoms with Gasteiger partial charge in [-0.2, -0.15) is 0 Å². The Morgan fingerprint density at radius 1 is 0.709 bits per heavy atom. The second kappa shape index (κ2) is 27.5. The standard InChI is InChI=1S/C20H20N4O5.C13H14N4O4.C9H10N3O2.C9H9N3O2.Na/c1-12-8-21-18-17(12)22-11-24(19(18)27)9-15(25)23-14-7-16(26)29-20(14)28-10-13-5-3-2-4-6-13;1-8-4-14-12-11(8)15-7-17(13(12)21)5-10(20)16-9(6-19)2-3-18;1-6-4-10-8-7(6)11-5-12(2-3-13)9(8)14;1-6(13)4-12-5-11-7-2-3-10-8(7)9(12)14;/h2-6,8,11,14,20-21H,7,9-10H2,1H3,(H,23,25);3-4,6-7,9,14H,2,5H2,1H3,(H,16,20);4-5,10H,2-3H2,1H3;2-3,5,10H,4H2,1H3;/q;;-1;;+1/t14-,20?;9-;;;/m00.../s1. The maximum Gasteiger partial charge on any atom is 1.00 e. The first-order valence-corrected chi connectivity index (χ1v) is 24.0. The fraction of sp³-hybridized carbons (Fsp3) is 0.294. The number of aldehydes is 2. The molecule has 2 amide bonds. The van der Waals surface area contributed by atoms with Crippen LogP contribution in [0.25, 0.3) is 44.1 Å². The molecule has 79 heavy (non-hydrogen) atoms. The van der Waals surface area contributed by atoms with Gasteiger partial charge in [0, 0.05) is 37.8 Å². The van der Waals surface area contributed by atoms with E-state index in [9.17, 15) is 53.1 Å². The van der Waals surface area contributed by atoms with Crippen LogP contribution in [-0.2, 0) is 71.0 Å². The van der Waals surface area contributed by atoms with Crippen molar-refractivity contribution in [1.29, 1.82) is 0 Å². The SMILES string of the molecule is CC(=O)Cn1cnc2cc[nH]c2c1=O.Cc1c[nH]c2c(=O)n(CC(=O)N[C@H](C=O)CC=O)cnc12.Cc1c[nH]c2c(=O)n(CC(=O)N[C@H]3CC(=O)OC3OCc3ccccc3)cnc12.Cc1c[nH]c2c(=O)n(CC[O-])cnc12.[Na+]. The predicted octanol–water partition coefficient (Wildman–Crippen LogP) is -2.98. The maximum atomic E-state index is 12.5. The van der Waals surface area contributed by atoms with Crippen molar-refractivity contribution in [2.45, 2.75) is 91.7 Å². The smallest absolute Gasteiger partial charge is 0.853 e. The normalized spacial score (nSPS) is 13.9. The number of Topliss-reactive ketones (excluding diaryl/α,β-unsaturated/α-hetero) is 1. The molecular weight excluding hydrogens is 1040 g/mol. The van der Waals surface area contributed by atoms with Gasteiger partial charge in [0.05, 0.1) is 73.0 Å². The zero-order valence-corrected chi connectivity index (χ0v) is 45.5. The van der Waals surface area contributed by atoms with Crippen molar-refractivity contribution in [3.8, 4) is 0 Å². The number of amides is 2. The van der Waals surface area contributed by atoms with Gasteiger partial charge < -0.3 is 54.7 Å². The number of cyclic esters (lactones) is 1. The van der Waals surface area contributed by atoms with Gasteiger partial charge in [0.25, 0.3) is 22.2 Å². The van der Waals surface area contributed by atoms with Crippen LogP contribution in [0.5, 0.6) is 0 Å². The molecule has 1 saturated heterocycles. The first kappa shape index (κ1) is 59.5. The van der Waals surface area contributed by atoms with Crippen molar-refractivity contribution >= 4 is 80.3 Å². The molecular formula is C51H53N14NaO13. The van der Waals surface area contributed by atoms with Gasteiger partial charge in [-0.05, 0) is 56.0 Å². The summed E-state index contributed by atoms with van der Waals surface area (Å²) in [5.74, 6) is -1.50. The number of ether oxygens (including phenoxy) is 2. The molecule has 10 rings (SSSR count). The van der Waals surface area contributed by atoms with Crippen molar-refractivity contribution in [3.05, 3.63) is 150 Å². The summed E-state index contributed by atoms with van der Waals surface area (Å²) in [5, 5.41) is 15.5. The molecule has 3 atom stereocenters. The van der Waals surface area contributed by atoms with Crippen molar-refractivity contribution in [1.82, 2.24) is 68.8 Å². The van der Waals surface area contributed by atoms with Crippen molar-refractivity contribution in [3.63, 3.8) is 0 Å². The zero-order chi connectivity index (χ0) is 56.0. The molecule has 1 unspecified atom stereocenters. The average Bonchev–Trinajstić information content (AvgIpc) is 4.29. The molecule has 1 fully saturated rings. The van der Waals surface area contributed by atoms with Gasteiger partial charge in [-0.3, -0.25) is 56.6 Å². The summed E-state index contributed by atoms with van der Waals surface area (Å²) < 4.78 is 15.8. The Labute approximate surface area is 468 Å². The predicted molar refractivity (Wildman–Crippen MR) is 278 cm³/mol. The number of esters is 1. The number of ketones is 1. The molecule has 0 bridgehead atoms. The number of hydrogen-bond acceptors (Lipinski definition) is 17. The number of H-pyrrole nitrogens is 4. The number of fused-ring (bicyclic) bond motifs is 4. The molecule has 9 heterocycles. The number of benzene rings is 1. The van der Waals surface area contributed by atoms with E-state index in [1.165, 1.54) is 45.9 Å². The van der Waals surface area contributed by atoms with Crippen LogP contribution in [0, 0.1) is 20.8 Å². The van der Waals surface area contributed by atoms with Gasteiger partial charge >= 0.3 is 35.5 Å². The Morgan fingerprint density at radius 3 is 1.75 bits per heavy atom. The maximum absolute atomic E-state index is 12.5. The van der Waals surface area contributed by atoms with Crippen LogP contribution in [0.1, 0.15) is 42.0 Å². The summed E-state index contributed by atoms with van der Waals surface area (Å²) in [7, 11) is 0. The molecule has 1 aromatic carbocycles. The molecule has 28 heteroatoms. The van der Waals surface area contributed by atoms with Crippen molar-refractivity contribution in [2.24, 2.45) is 0 Å². The Bertz CT molecular complexity index is 3890. The van der Waals surface area contributed by atoms with Gasteiger partial charge in [0.2, 0.25) is 18.1 Å². The van der Waals surface area contributed by atoms with E-state index >= 15 is 0 Å². The summed E-state index contributed by atoms with van der Waals surface area (Å²) in [6.07, 6.45) is 12.2. The number of aryl methyl sites for hydroxylation is 3. The van der Waals surface area contributed by atoms with Crippen LogP contribution >= 0.6 is 0 Å². The van der Waals surface area contributed by atoms with Crippen LogP contribution < -0.4 is 67.5 Å². The fourth-order valence-electron chi connectivity index (χ4n) is 7.93. The summed E-state index contributed by atoms with van der Waals surface area (Å²) in [4.78, 5) is 144. The minimum Gasteiger partial charge on any atom is -0.853 e. The largest absolute Gasteiger partial charge is 1.00 e. The molecule has 0 radical (unpaired) electrons. The Hall–Kier alpha value is -8.76. The number of carbonyl (C=O) groups is 6. The Kier molecular flexibility index (Phi) is 20.7. The van der Waals surface area contributed by atoms with E-state index in [-0.39, 0.29) is 110 Å². The summed E-state index contributed by atoms with van der Waals surface area (Å²) in [5.41, 5.74) is 6.46. The van der Waals surface area contributed by atoms with E-state index in [4.69, 9.17) is 9.47 Å². The van der Waals surface area contributed by atoms with Gasteiger partial charge in [-0.1, -0.05) is 30.3 Å². The molecule has 8 aromatic heterocycles. The van der Waals surface area contributed by atoms with Crippen LogP contribution in [0.4, 0.5) is 0 Å². The molecule has 1 aliphatic rings. The van der Waals surface area contributed by atoms with Crippen LogP contribution in [0.2, 0.25) is 0 Å². The topological polar surface area (TPSA) is 371 Å². The van der Waals surface area contributed by atoms with E-state index in [0.29, 0.717) is 56.7 Å². The number of aromatic nitrogens is 12. The number of nitrogens with one attached hydrogen (secondary N) is 6. The minimum atomic E-state index is -0.880. The summed E-state index contributed by atoms with van der Waals surface area (Å²) in [6, 6.07) is 9.65. The Balaban J connectivity index is 0.000000178. The third-order valence-corrected chi connectivity index (χ3v) is 11.8. The second-order valence-corrected chi connectivity index (χ2v) is 17.8. The molecule has 9 aromatic rings. The average molecular weight is 1090 g/mol. The van der Waals surface area contributed by atoms with E-state index < -0.39 is 36.2 Å². The minimum absolute atomic E-state index is 0. The molecule has 1 aliphatic heterocycles. The molecule has 0 saturated carbocycles. The van der Waals surface area contributed by atoms with Crippen LogP contribution in [0.15, 0.2) is 106 Å². The monoisotopic (exact) mass is 1090 g/mol. The van der Waals surface area contributed by atoms with Gasteiger partial charge in [0.15, 0.2) is 0 Å². The zero-order valence-electron chi connectivity index (χ0n) is 43.5. The molecule has 406 valence electrons. The fourth-order valence-corrected chi connectivity index (χ4v) is 7.93. The first-order valence-electron chi connectivity index (χ1n) is 24.0. The van der Waals surface area contributed by atoms with Crippen molar-refractivity contribution < 1.29 is 72.9 Å². The molecule has 0 aliphatic carbocycles. The third kappa shape index (κ3) is 14.8. The Morgan fingerprint density at radius 2 is 1.22 bits per heavy atom. The number of nitrogens with zero attached hydrogens (tertiary/aromatic N) is 8. The first-order chi connectivity index (χ1) is 37.5. The number of rotatable bonds is 16. The van der Waals surface area contributed by atoms with Crippen molar-refractivity contribution in [2.75, 3.05) is 6.61 Å². The van der Waals surface area contributed by atoms with Gasteiger partial charge in [-0.25, -0.2) is 19.9 Å². The van der Waals surface area contributed by atoms with E-state index in [2.05, 4.69) is 50.5 Å². The number of aromatic amines is 4. The van der Waals surface area contributed by atoms with E-state index in [1.54, 1.807) is 30.9 Å². The second-order valence-electron chi connectivity index (χ2n) is 17.8. The van der Waals surface area contributed by atoms with Crippen LogP contribution in [0.3, 0.4) is 0 Å². The molecule has 27 nitrogen and oxygen atoms in total. The molecule has 0 spiro atoms. The van der Waals surface area contributed by atoms with Crippen LogP contribution in [-0.4, -0.2) is 119 Å². The number of hydrogen-bond donors (Lipinski definition) is 6. The summed E-state index contributed by atoms with van der Waals surface area (Å²) in [6.45, 7) is 6.64. The molecule has 6 N–H and O–H groups in total. The van der Waals surface area contributed by atoms with Gasteiger partial charge in [-0.15, -0.1) is 6.61 Å². The number of carbonyl (C=O) groups excluding carboxylic acids is 6. The summed E-state index contributed by atoms with van der Waals surface area (Å²) >= 11 is 0. The van der Waals surface area contributed by atoms with E-state index in [0.717, 1.165) is 26.8 Å². The third-order valence-electron chi connectivity index (χ3n) is 11.8. The van der Waals surface area contributed by atoms with E-state index in [1.807, 2.05) is 51.1 Å².